The van der Waals surface area contributed by atoms with Crippen LogP contribution in [0, 0.1) is 0 Å². The molecule has 35 heavy (non-hydrogen) atoms. The topological polar surface area (TPSA) is 93.7 Å². The van der Waals surface area contributed by atoms with Crippen LogP contribution in [0.4, 0.5) is 11.4 Å². The zero-order valence-electron chi connectivity index (χ0n) is 19.9. The standard InChI is InChI=1S/C27H28N2O5S/c1-4-24(26(31)28-20-14-12-18(13-15-20)27(32)34-5-2)35-23-11-7-9-21(17-23)29-25(30)19-8-6-10-22(16-19)33-3/h6-17,24H,4-5H2,1-3H3,(H,28,31)(H,29,30). The minimum absolute atomic E-state index is 0.146. The molecule has 0 aliphatic heterocycles. The van der Waals surface area contributed by atoms with Crippen molar-refractivity contribution < 1.29 is 23.9 Å². The van der Waals surface area contributed by atoms with Crippen molar-refractivity contribution >= 4 is 40.9 Å². The number of thioether (sulfide) groups is 1. The summed E-state index contributed by atoms with van der Waals surface area (Å²) >= 11 is 1.42. The molecule has 0 spiro atoms. The van der Waals surface area contributed by atoms with Gasteiger partial charge in [0.1, 0.15) is 5.75 Å². The van der Waals surface area contributed by atoms with E-state index in [0.29, 0.717) is 41.3 Å². The SMILES string of the molecule is CCOC(=O)c1ccc(NC(=O)C(CC)Sc2cccc(NC(=O)c3cccc(OC)c3)c2)cc1. The second-order valence-electron chi connectivity index (χ2n) is 7.52. The fraction of sp³-hybridized carbons (Fsp3) is 0.222. The molecule has 1 atom stereocenters. The van der Waals surface area contributed by atoms with Crippen LogP contribution in [-0.2, 0) is 9.53 Å². The number of carbonyl (C=O) groups excluding carboxylic acids is 3. The van der Waals surface area contributed by atoms with Gasteiger partial charge in [0.15, 0.2) is 0 Å². The molecule has 8 heteroatoms. The average Bonchev–Trinajstić information content (AvgIpc) is 2.88. The summed E-state index contributed by atoms with van der Waals surface area (Å²) in [5.74, 6) is -0.186. The van der Waals surface area contributed by atoms with E-state index in [0.717, 1.165) is 4.90 Å². The van der Waals surface area contributed by atoms with E-state index in [4.69, 9.17) is 9.47 Å². The Balaban J connectivity index is 1.63. The number of hydrogen-bond acceptors (Lipinski definition) is 6. The van der Waals surface area contributed by atoms with Crippen LogP contribution in [0.3, 0.4) is 0 Å². The van der Waals surface area contributed by atoms with E-state index in [1.165, 1.54) is 11.8 Å². The van der Waals surface area contributed by atoms with Gasteiger partial charge in [0.2, 0.25) is 5.91 Å². The molecule has 1 unspecified atom stereocenters. The van der Waals surface area contributed by atoms with Crippen LogP contribution in [0.1, 0.15) is 41.0 Å². The molecule has 0 aromatic heterocycles. The van der Waals surface area contributed by atoms with E-state index in [2.05, 4.69) is 10.6 Å². The highest BCUT2D eigenvalue weighted by atomic mass is 32.2. The molecule has 0 aliphatic rings. The molecule has 0 heterocycles. The summed E-state index contributed by atoms with van der Waals surface area (Å²) in [5.41, 5.74) is 2.15. The molecular formula is C27H28N2O5S. The molecule has 0 bridgehead atoms. The van der Waals surface area contributed by atoms with Gasteiger partial charge in [-0.3, -0.25) is 9.59 Å². The number of ether oxygens (including phenoxy) is 2. The van der Waals surface area contributed by atoms with Crippen molar-refractivity contribution in [3.05, 3.63) is 83.9 Å². The average molecular weight is 493 g/mol. The van der Waals surface area contributed by atoms with Gasteiger partial charge < -0.3 is 20.1 Å². The minimum atomic E-state index is -0.397. The number of amides is 2. The van der Waals surface area contributed by atoms with Crippen LogP contribution in [0.15, 0.2) is 77.7 Å². The highest BCUT2D eigenvalue weighted by Crippen LogP contribution is 2.29. The van der Waals surface area contributed by atoms with Crippen LogP contribution < -0.4 is 15.4 Å². The zero-order chi connectivity index (χ0) is 25.2. The lowest BCUT2D eigenvalue weighted by molar-refractivity contribution is -0.115. The summed E-state index contributed by atoms with van der Waals surface area (Å²) in [4.78, 5) is 38.1. The van der Waals surface area contributed by atoms with E-state index >= 15 is 0 Å². The molecule has 0 fully saturated rings. The quantitative estimate of drug-likeness (QED) is 0.281. The normalized spacial score (nSPS) is 11.3. The van der Waals surface area contributed by atoms with Crippen LogP contribution in [0.5, 0.6) is 5.75 Å². The molecule has 2 amide bonds. The van der Waals surface area contributed by atoms with E-state index in [9.17, 15) is 14.4 Å². The third-order valence-electron chi connectivity index (χ3n) is 5.03. The first-order valence-electron chi connectivity index (χ1n) is 11.2. The first-order valence-corrected chi connectivity index (χ1v) is 12.1. The van der Waals surface area contributed by atoms with E-state index in [1.807, 2.05) is 25.1 Å². The molecule has 0 saturated heterocycles. The third kappa shape index (κ3) is 7.35. The van der Waals surface area contributed by atoms with E-state index < -0.39 is 5.97 Å². The van der Waals surface area contributed by atoms with Crippen molar-refractivity contribution in [2.75, 3.05) is 24.4 Å². The Morgan fingerprint density at radius 2 is 1.60 bits per heavy atom. The lowest BCUT2D eigenvalue weighted by atomic mass is 10.2. The fourth-order valence-corrected chi connectivity index (χ4v) is 4.24. The Hall–Kier alpha value is -3.78. The summed E-state index contributed by atoms with van der Waals surface area (Å²) in [6.45, 7) is 3.99. The number of hydrogen-bond donors (Lipinski definition) is 2. The van der Waals surface area contributed by atoms with Gasteiger partial charge in [0, 0.05) is 21.8 Å². The Kier molecular flexibility index (Phi) is 9.31. The van der Waals surface area contributed by atoms with Crippen LogP contribution in [-0.4, -0.2) is 36.8 Å². The van der Waals surface area contributed by atoms with Crippen molar-refractivity contribution in [3.63, 3.8) is 0 Å². The first-order chi connectivity index (χ1) is 16.9. The van der Waals surface area contributed by atoms with Gasteiger partial charge in [-0.05, 0) is 74.0 Å². The third-order valence-corrected chi connectivity index (χ3v) is 6.39. The van der Waals surface area contributed by atoms with Crippen molar-refractivity contribution in [2.24, 2.45) is 0 Å². The predicted octanol–water partition coefficient (Wildman–Crippen LogP) is 5.63. The van der Waals surface area contributed by atoms with Gasteiger partial charge >= 0.3 is 5.97 Å². The van der Waals surface area contributed by atoms with Gasteiger partial charge in [-0.15, -0.1) is 11.8 Å². The first kappa shape index (κ1) is 25.8. The molecule has 2 N–H and O–H groups in total. The summed E-state index contributed by atoms with van der Waals surface area (Å²) in [7, 11) is 1.55. The molecule has 0 aliphatic carbocycles. The van der Waals surface area contributed by atoms with E-state index in [1.54, 1.807) is 68.6 Å². The van der Waals surface area contributed by atoms with Gasteiger partial charge in [0.25, 0.3) is 5.91 Å². The Morgan fingerprint density at radius 1 is 0.857 bits per heavy atom. The maximum absolute atomic E-state index is 12.9. The summed E-state index contributed by atoms with van der Waals surface area (Å²) in [5, 5.41) is 5.44. The van der Waals surface area contributed by atoms with Gasteiger partial charge in [0.05, 0.1) is 24.5 Å². The predicted molar refractivity (Wildman–Crippen MR) is 138 cm³/mol. The maximum atomic E-state index is 12.9. The fourth-order valence-electron chi connectivity index (χ4n) is 3.23. The lowest BCUT2D eigenvalue weighted by Gasteiger charge is -2.16. The molecule has 0 radical (unpaired) electrons. The number of esters is 1. The monoisotopic (exact) mass is 492 g/mol. The summed E-state index contributed by atoms with van der Waals surface area (Å²) in [6.07, 6.45) is 0.609. The van der Waals surface area contributed by atoms with Gasteiger partial charge in [-0.1, -0.05) is 19.1 Å². The minimum Gasteiger partial charge on any atom is -0.497 e. The molecule has 3 aromatic rings. The number of carbonyl (C=O) groups is 3. The zero-order valence-corrected chi connectivity index (χ0v) is 20.7. The number of anilines is 2. The van der Waals surface area contributed by atoms with Gasteiger partial charge in [-0.25, -0.2) is 4.79 Å². The van der Waals surface area contributed by atoms with Crippen molar-refractivity contribution in [1.29, 1.82) is 0 Å². The number of nitrogens with one attached hydrogen (secondary N) is 2. The smallest absolute Gasteiger partial charge is 0.338 e. The summed E-state index contributed by atoms with van der Waals surface area (Å²) in [6, 6.07) is 20.9. The van der Waals surface area contributed by atoms with Crippen LogP contribution in [0.2, 0.25) is 0 Å². The maximum Gasteiger partial charge on any atom is 0.338 e. The Labute approximate surface area is 209 Å². The highest BCUT2D eigenvalue weighted by Gasteiger charge is 2.19. The molecule has 182 valence electrons. The largest absolute Gasteiger partial charge is 0.497 e. The van der Waals surface area contributed by atoms with Crippen LogP contribution in [0.25, 0.3) is 0 Å². The van der Waals surface area contributed by atoms with E-state index in [-0.39, 0.29) is 17.1 Å². The molecule has 3 aromatic carbocycles. The van der Waals surface area contributed by atoms with Crippen molar-refractivity contribution in [1.82, 2.24) is 0 Å². The van der Waals surface area contributed by atoms with Crippen molar-refractivity contribution in [3.8, 4) is 5.75 Å². The van der Waals surface area contributed by atoms with Gasteiger partial charge in [-0.2, -0.15) is 0 Å². The molecular weight excluding hydrogens is 464 g/mol. The second-order valence-corrected chi connectivity index (χ2v) is 8.79. The molecule has 0 saturated carbocycles. The Bertz CT molecular complexity index is 1180. The lowest BCUT2D eigenvalue weighted by Crippen LogP contribution is -2.24. The molecule has 7 nitrogen and oxygen atoms in total. The second kappa shape index (κ2) is 12.6. The molecule has 3 rings (SSSR count). The number of methoxy groups -OCH3 is 1. The van der Waals surface area contributed by atoms with Crippen LogP contribution >= 0.6 is 11.8 Å². The summed E-state index contributed by atoms with van der Waals surface area (Å²) < 4.78 is 10.2. The number of rotatable bonds is 10. The van der Waals surface area contributed by atoms with Crippen molar-refractivity contribution in [2.45, 2.75) is 30.4 Å². The highest BCUT2D eigenvalue weighted by molar-refractivity contribution is 8.00. The Morgan fingerprint density at radius 3 is 2.29 bits per heavy atom. The number of benzene rings is 3.